The minimum absolute atomic E-state index is 0.00687. The first-order valence-corrected chi connectivity index (χ1v) is 21.6. The fourth-order valence-corrected chi connectivity index (χ4v) is 9.95. The van der Waals surface area contributed by atoms with Gasteiger partial charge in [0.25, 0.3) is 15.9 Å². The number of alkyl halides is 2. The van der Waals surface area contributed by atoms with E-state index < -0.39 is 51.9 Å². The first-order valence-electron chi connectivity index (χ1n) is 19.3. The summed E-state index contributed by atoms with van der Waals surface area (Å²) >= 11 is 1.000. The monoisotopic (exact) mass is 872 g/mol. The molecule has 4 heterocycles. The van der Waals surface area contributed by atoms with E-state index in [4.69, 9.17) is 14.5 Å². The van der Waals surface area contributed by atoms with Crippen molar-refractivity contribution in [3.8, 4) is 17.3 Å². The molecule has 8 rings (SSSR count). The minimum atomic E-state index is -4.14. The van der Waals surface area contributed by atoms with Gasteiger partial charge in [-0.05, 0) is 72.9 Å². The highest BCUT2D eigenvalue weighted by Crippen LogP contribution is 2.42. The summed E-state index contributed by atoms with van der Waals surface area (Å²) in [4.78, 5) is 17.6. The zero-order chi connectivity index (χ0) is 43.3. The molecule has 6 bridgehead atoms. The second-order valence-corrected chi connectivity index (χ2v) is 18.2. The van der Waals surface area contributed by atoms with E-state index in [2.05, 4.69) is 10.2 Å². The number of methoxy groups -OCH3 is 1. The minimum Gasteiger partial charge on any atom is -0.470 e. The van der Waals surface area contributed by atoms with Crippen LogP contribution in [0.25, 0.3) is 22.3 Å². The van der Waals surface area contributed by atoms with Crippen LogP contribution in [0, 0.1) is 17.6 Å². The van der Waals surface area contributed by atoms with E-state index in [1.165, 1.54) is 65.3 Å². The Morgan fingerprint density at radius 1 is 0.951 bits per heavy atom. The van der Waals surface area contributed by atoms with Crippen molar-refractivity contribution in [3.05, 3.63) is 138 Å². The molecule has 0 fully saturated rings. The number of nitrogens with zero attached hydrogens (tertiary/aromatic N) is 6. The molecule has 0 radical (unpaired) electrons. The van der Waals surface area contributed by atoms with Crippen LogP contribution in [0.3, 0.4) is 0 Å². The molecule has 2 atom stereocenters. The van der Waals surface area contributed by atoms with Crippen molar-refractivity contribution in [1.29, 1.82) is 0 Å². The van der Waals surface area contributed by atoms with Crippen molar-refractivity contribution in [3.63, 3.8) is 0 Å². The van der Waals surface area contributed by atoms with Crippen LogP contribution < -0.4 is 4.74 Å². The van der Waals surface area contributed by atoms with Gasteiger partial charge in [0.15, 0.2) is 18.3 Å². The van der Waals surface area contributed by atoms with Crippen molar-refractivity contribution < 1.29 is 40.2 Å². The molecule has 1 aliphatic heterocycles. The van der Waals surface area contributed by atoms with Gasteiger partial charge >= 0.3 is 5.97 Å². The molecule has 0 amide bonds. The number of carbonyl (C=O) groups is 1. The van der Waals surface area contributed by atoms with Gasteiger partial charge in [0.2, 0.25) is 5.88 Å². The molecular weight excluding hydrogens is 833 g/mol. The van der Waals surface area contributed by atoms with Crippen LogP contribution in [0.5, 0.6) is 5.88 Å². The number of hydrogen-bond acceptors (Lipinski definition) is 9. The largest absolute Gasteiger partial charge is 0.470 e. The van der Waals surface area contributed by atoms with Crippen LogP contribution in [0.4, 0.5) is 17.6 Å². The molecule has 0 N–H and O–H groups in total. The predicted octanol–water partition coefficient (Wildman–Crippen LogP) is 8.81. The van der Waals surface area contributed by atoms with Crippen LogP contribution >= 0.6 is 11.8 Å². The van der Waals surface area contributed by atoms with Gasteiger partial charge in [-0.25, -0.2) is 39.6 Å². The Morgan fingerprint density at radius 2 is 1.74 bits per heavy atom. The second-order valence-electron chi connectivity index (χ2n) is 15.3. The van der Waals surface area contributed by atoms with E-state index >= 15 is 17.6 Å². The first-order chi connectivity index (χ1) is 29.1. The molecule has 17 heteroatoms. The molecular formula is C44H40F4N6O5S2. The maximum absolute atomic E-state index is 16.6. The van der Waals surface area contributed by atoms with E-state index in [0.717, 1.165) is 27.4 Å². The van der Waals surface area contributed by atoms with Crippen LogP contribution in [0.15, 0.2) is 118 Å². The molecule has 316 valence electrons. The molecule has 0 aliphatic carbocycles. The average molecular weight is 873 g/mol. The van der Waals surface area contributed by atoms with Gasteiger partial charge in [0.05, 0.1) is 45.9 Å². The highest BCUT2D eigenvalue weighted by molar-refractivity contribution is 7.99. The lowest BCUT2D eigenvalue weighted by Gasteiger charge is -2.30. The van der Waals surface area contributed by atoms with Crippen LogP contribution in [-0.4, -0.2) is 62.5 Å². The van der Waals surface area contributed by atoms with Gasteiger partial charge in [-0.2, -0.15) is 5.10 Å². The number of ether oxygens (including phenoxy) is 2. The van der Waals surface area contributed by atoms with E-state index in [9.17, 15) is 13.2 Å². The molecule has 1 aliphatic rings. The zero-order valence-electron chi connectivity index (χ0n) is 33.5. The smallest absolute Gasteiger partial charge is 0.308 e. The fourth-order valence-electron chi connectivity index (χ4n) is 7.59. The molecule has 11 nitrogen and oxygen atoms in total. The Balaban J connectivity index is 1.26. The predicted molar refractivity (Wildman–Crippen MR) is 220 cm³/mol. The van der Waals surface area contributed by atoms with Gasteiger partial charge < -0.3 is 9.47 Å². The number of esters is 1. The Hall–Kier alpha value is -5.94. The average Bonchev–Trinajstić information content (AvgIpc) is 4.00. The lowest BCUT2D eigenvalue weighted by molar-refractivity contribution is -0.144. The summed E-state index contributed by atoms with van der Waals surface area (Å²) in [6.07, 6.45) is 2.37. The summed E-state index contributed by atoms with van der Waals surface area (Å²) in [5, 5.41) is 9.45. The highest BCUT2D eigenvalue weighted by atomic mass is 32.2. The molecule has 0 saturated carbocycles. The summed E-state index contributed by atoms with van der Waals surface area (Å²) in [6.45, 7) is 2.36. The normalized spacial score (nSPS) is 17.4. The maximum atomic E-state index is 16.6. The van der Waals surface area contributed by atoms with Crippen LogP contribution in [-0.2, 0) is 45.0 Å². The van der Waals surface area contributed by atoms with Gasteiger partial charge in [0.1, 0.15) is 11.6 Å². The van der Waals surface area contributed by atoms with E-state index in [-0.39, 0.29) is 57.3 Å². The number of aryl methyl sites for hydroxylation is 1. The lowest BCUT2D eigenvalue weighted by Crippen LogP contribution is -2.32. The molecule has 1 unspecified atom stereocenters. The van der Waals surface area contributed by atoms with E-state index in [1.807, 2.05) is 12.1 Å². The molecule has 0 saturated heterocycles. The molecule has 4 aromatic carbocycles. The van der Waals surface area contributed by atoms with E-state index in [0.29, 0.717) is 27.8 Å². The third-order valence-electron chi connectivity index (χ3n) is 11.0. The fraction of sp³-hybridized carbons (Fsp3) is 0.273. The summed E-state index contributed by atoms with van der Waals surface area (Å²) in [7, 11) is -1.25. The Kier molecular flexibility index (Phi) is 11.1. The summed E-state index contributed by atoms with van der Waals surface area (Å²) in [6, 6.07) is 23.3. The third-order valence-corrected chi connectivity index (χ3v) is 13.8. The van der Waals surface area contributed by atoms with Crippen molar-refractivity contribution in [1.82, 2.24) is 28.5 Å². The van der Waals surface area contributed by atoms with Gasteiger partial charge in [-0.1, -0.05) is 61.2 Å². The van der Waals surface area contributed by atoms with Gasteiger partial charge in [-0.3, -0.25) is 9.48 Å². The van der Waals surface area contributed by atoms with E-state index in [1.54, 1.807) is 57.3 Å². The Labute approximate surface area is 353 Å². The Bertz CT molecular complexity index is 2900. The topological polar surface area (TPSA) is 123 Å². The number of halogens is 4. The third kappa shape index (κ3) is 8.15. The number of aromatic nitrogens is 6. The number of fused-ring (bicyclic) bond motifs is 10. The highest BCUT2D eigenvalue weighted by Gasteiger charge is 2.40. The van der Waals surface area contributed by atoms with Crippen molar-refractivity contribution >= 4 is 38.7 Å². The maximum Gasteiger partial charge on any atom is 0.308 e. The molecule has 7 aromatic rings. The Morgan fingerprint density at radius 3 is 2.51 bits per heavy atom. The number of hydrogen-bond donors (Lipinski definition) is 0. The van der Waals surface area contributed by atoms with Crippen molar-refractivity contribution in [2.45, 2.75) is 65.7 Å². The number of rotatable bonds is 6. The molecule has 0 spiro atoms. The standard InChI is InChI=1S/C44H40F4N6O5S2/c1-27(41(55)58-4)21-28-9-8-10-29(22-28)43(2)17-18-44(47,48)26-59-38-16-19-53(50-38)25-34-32-15-20-54(61(56,57)31-11-6-5-7-12-31)37(32)24-36(46)39(34)60-30-13-14-35(45)33(23-30)40-49-42(43)51-52(40)3/h5-16,19-20,22-24,27H,17-18,21,25-26H2,1-4H3/t27-,43?/m1/s1. The molecule has 61 heavy (non-hydrogen) atoms. The number of benzene rings is 4. The van der Waals surface area contributed by atoms with Crippen molar-refractivity contribution in [2.24, 2.45) is 13.0 Å². The van der Waals surface area contributed by atoms with Crippen molar-refractivity contribution in [2.75, 3.05) is 13.7 Å². The van der Waals surface area contributed by atoms with Crippen LogP contribution in [0.1, 0.15) is 49.2 Å². The van der Waals surface area contributed by atoms with Gasteiger partial charge in [-0.15, -0.1) is 5.10 Å². The summed E-state index contributed by atoms with van der Waals surface area (Å²) < 4.78 is 106. The summed E-state index contributed by atoms with van der Waals surface area (Å²) in [5.74, 6) is -5.47. The second kappa shape index (κ2) is 16.2. The quantitative estimate of drug-likeness (QED) is 0.119. The summed E-state index contributed by atoms with van der Waals surface area (Å²) in [5.41, 5.74) is 0.574. The first kappa shape index (κ1) is 41.8. The van der Waals surface area contributed by atoms with Crippen LogP contribution in [0.2, 0.25) is 0 Å². The zero-order valence-corrected chi connectivity index (χ0v) is 35.1. The number of carbonyl (C=O) groups excluding carboxylic acids is 1. The van der Waals surface area contributed by atoms with Gasteiger partial charge in [0, 0.05) is 48.3 Å². The lowest BCUT2D eigenvalue weighted by atomic mass is 9.76. The molecule has 3 aromatic heterocycles. The SMILES string of the molecule is COC(=O)[C@H](C)Cc1cccc(C2(C)CCC(F)(F)COc3ccn(n3)Cc3c(c(F)cc4c3ccn4S(=O)(=O)c3ccccc3)Sc3ccc(F)c(c3)-c3nc2nn3C)c1.